The highest BCUT2D eigenvalue weighted by Crippen LogP contribution is 2.26. The predicted molar refractivity (Wildman–Crippen MR) is 61.1 cm³/mol. The van der Waals surface area contributed by atoms with Crippen molar-refractivity contribution in [3.8, 4) is 0 Å². The fraction of sp³-hybridized carbons (Fsp3) is 0.200. The highest BCUT2D eigenvalue weighted by Gasteiger charge is 2.08. The van der Waals surface area contributed by atoms with Gasteiger partial charge in [-0.1, -0.05) is 33.6 Å². The fourth-order valence-corrected chi connectivity index (χ4v) is 1.83. The summed E-state index contributed by atoms with van der Waals surface area (Å²) in [4.78, 5) is 0. The van der Waals surface area contributed by atoms with Gasteiger partial charge < -0.3 is 5.32 Å². The van der Waals surface area contributed by atoms with E-state index in [0.717, 1.165) is 15.1 Å². The largest absolute Gasteiger partial charge is 0.310 e. The lowest BCUT2D eigenvalue weighted by Crippen LogP contribution is -2.13. The summed E-state index contributed by atoms with van der Waals surface area (Å²) in [6, 6.07) is 5.85. The SMILES string of the molecule is C=CC(NC)c1cc(Cl)ccc1Br. The van der Waals surface area contributed by atoms with Crippen LogP contribution in [0.3, 0.4) is 0 Å². The third-order valence-electron chi connectivity index (χ3n) is 1.84. The zero-order chi connectivity index (χ0) is 9.84. The van der Waals surface area contributed by atoms with Gasteiger partial charge in [0.15, 0.2) is 0 Å². The van der Waals surface area contributed by atoms with E-state index in [-0.39, 0.29) is 6.04 Å². The maximum absolute atomic E-state index is 5.89. The Morgan fingerprint density at radius 3 is 2.85 bits per heavy atom. The molecule has 0 amide bonds. The van der Waals surface area contributed by atoms with Crippen LogP contribution in [0.5, 0.6) is 0 Å². The van der Waals surface area contributed by atoms with Crippen molar-refractivity contribution in [2.24, 2.45) is 0 Å². The average Bonchev–Trinajstić information content (AvgIpc) is 2.13. The van der Waals surface area contributed by atoms with Gasteiger partial charge in [0.25, 0.3) is 0 Å². The Morgan fingerprint density at radius 1 is 1.62 bits per heavy atom. The quantitative estimate of drug-likeness (QED) is 0.820. The Hall–Kier alpha value is -0.310. The van der Waals surface area contributed by atoms with Gasteiger partial charge >= 0.3 is 0 Å². The van der Waals surface area contributed by atoms with E-state index < -0.39 is 0 Å². The van der Waals surface area contributed by atoms with E-state index in [0.29, 0.717) is 0 Å². The summed E-state index contributed by atoms with van der Waals surface area (Å²) < 4.78 is 1.04. The fourth-order valence-electron chi connectivity index (χ4n) is 1.15. The van der Waals surface area contributed by atoms with Gasteiger partial charge in [-0.25, -0.2) is 0 Å². The molecule has 0 heterocycles. The molecule has 0 aliphatic rings. The monoisotopic (exact) mass is 259 g/mol. The zero-order valence-corrected chi connectivity index (χ0v) is 9.69. The zero-order valence-electron chi connectivity index (χ0n) is 7.35. The minimum atomic E-state index is 0.132. The Morgan fingerprint density at radius 2 is 2.31 bits per heavy atom. The predicted octanol–water partition coefficient (Wildman–Crippen LogP) is 3.55. The van der Waals surface area contributed by atoms with Gasteiger partial charge in [-0.2, -0.15) is 0 Å². The molecule has 1 aromatic carbocycles. The second kappa shape index (κ2) is 4.80. The molecule has 1 unspecified atom stereocenters. The van der Waals surface area contributed by atoms with Crippen molar-refractivity contribution in [1.29, 1.82) is 0 Å². The number of rotatable bonds is 3. The molecular formula is C10H11BrClN. The number of hydrogen-bond donors (Lipinski definition) is 1. The second-order valence-corrected chi connectivity index (χ2v) is 3.96. The van der Waals surface area contributed by atoms with Crippen LogP contribution in [0, 0.1) is 0 Å². The van der Waals surface area contributed by atoms with Crippen LogP contribution in [-0.2, 0) is 0 Å². The van der Waals surface area contributed by atoms with Crippen LogP contribution in [0.15, 0.2) is 35.3 Å². The lowest BCUT2D eigenvalue weighted by atomic mass is 10.1. The number of halogens is 2. The molecule has 1 aromatic rings. The van der Waals surface area contributed by atoms with Gasteiger partial charge in [0, 0.05) is 9.50 Å². The van der Waals surface area contributed by atoms with E-state index in [4.69, 9.17) is 11.6 Å². The molecule has 0 bridgehead atoms. The van der Waals surface area contributed by atoms with Gasteiger partial charge in [-0.15, -0.1) is 6.58 Å². The van der Waals surface area contributed by atoms with Crippen LogP contribution in [0.1, 0.15) is 11.6 Å². The molecule has 0 aliphatic heterocycles. The van der Waals surface area contributed by atoms with E-state index in [9.17, 15) is 0 Å². The smallest absolute Gasteiger partial charge is 0.0512 e. The highest BCUT2D eigenvalue weighted by molar-refractivity contribution is 9.10. The van der Waals surface area contributed by atoms with E-state index in [1.165, 1.54) is 0 Å². The van der Waals surface area contributed by atoms with Gasteiger partial charge in [-0.3, -0.25) is 0 Å². The van der Waals surface area contributed by atoms with Crippen molar-refractivity contribution in [2.45, 2.75) is 6.04 Å². The molecule has 1 nitrogen and oxygen atoms in total. The van der Waals surface area contributed by atoms with Crippen LogP contribution in [0.4, 0.5) is 0 Å². The topological polar surface area (TPSA) is 12.0 Å². The minimum absolute atomic E-state index is 0.132. The first-order valence-corrected chi connectivity index (χ1v) is 5.11. The molecule has 3 heteroatoms. The summed E-state index contributed by atoms with van der Waals surface area (Å²) in [5.74, 6) is 0. The lowest BCUT2D eigenvalue weighted by molar-refractivity contribution is 0.713. The summed E-state index contributed by atoms with van der Waals surface area (Å²) in [5, 5.41) is 3.87. The van der Waals surface area contributed by atoms with E-state index in [1.807, 2.05) is 31.3 Å². The summed E-state index contributed by atoms with van der Waals surface area (Å²) >= 11 is 9.36. The Kier molecular flexibility index (Phi) is 3.97. The van der Waals surface area contributed by atoms with Gasteiger partial charge in [0.2, 0.25) is 0 Å². The van der Waals surface area contributed by atoms with Crippen LogP contribution >= 0.6 is 27.5 Å². The molecule has 70 valence electrons. The standard InChI is InChI=1S/C10H11BrClN/c1-3-10(13-2)8-6-7(12)4-5-9(8)11/h3-6,10,13H,1H2,2H3. The normalized spacial score (nSPS) is 12.5. The van der Waals surface area contributed by atoms with Gasteiger partial charge in [0.05, 0.1) is 6.04 Å². The molecule has 0 fully saturated rings. The van der Waals surface area contributed by atoms with Crippen molar-refractivity contribution >= 4 is 27.5 Å². The molecule has 0 saturated carbocycles. The van der Waals surface area contributed by atoms with Crippen molar-refractivity contribution in [3.05, 3.63) is 45.9 Å². The molecule has 0 spiro atoms. The maximum Gasteiger partial charge on any atom is 0.0512 e. The molecular weight excluding hydrogens is 249 g/mol. The van der Waals surface area contributed by atoms with Gasteiger partial charge in [0.1, 0.15) is 0 Å². The first-order valence-electron chi connectivity index (χ1n) is 3.93. The molecule has 0 radical (unpaired) electrons. The first-order chi connectivity index (χ1) is 6.19. The molecule has 1 rings (SSSR count). The van der Waals surface area contributed by atoms with Crippen LogP contribution in [-0.4, -0.2) is 7.05 Å². The Labute approximate surface area is 91.9 Å². The van der Waals surface area contributed by atoms with E-state index in [1.54, 1.807) is 0 Å². The van der Waals surface area contributed by atoms with Crippen molar-refractivity contribution in [1.82, 2.24) is 5.32 Å². The van der Waals surface area contributed by atoms with Crippen molar-refractivity contribution in [2.75, 3.05) is 7.05 Å². The Balaban J connectivity index is 3.10. The summed E-state index contributed by atoms with van der Waals surface area (Å²) in [5.41, 5.74) is 1.10. The summed E-state index contributed by atoms with van der Waals surface area (Å²) in [6.07, 6.45) is 1.84. The number of hydrogen-bond acceptors (Lipinski definition) is 1. The number of likely N-dealkylation sites (N-methyl/N-ethyl adjacent to an activating group) is 1. The third kappa shape index (κ3) is 2.56. The molecule has 1 atom stereocenters. The maximum atomic E-state index is 5.89. The van der Waals surface area contributed by atoms with E-state index >= 15 is 0 Å². The second-order valence-electron chi connectivity index (χ2n) is 2.67. The third-order valence-corrected chi connectivity index (χ3v) is 2.80. The highest BCUT2D eigenvalue weighted by atomic mass is 79.9. The van der Waals surface area contributed by atoms with E-state index in [2.05, 4.69) is 27.8 Å². The van der Waals surface area contributed by atoms with Crippen LogP contribution < -0.4 is 5.32 Å². The molecule has 1 N–H and O–H groups in total. The molecule has 0 saturated heterocycles. The van der Waals surface area contributed by atoms with Crippen molar-refractivity contribution in [3.63, 3.8) is 0 Å². The van der Waals surface area contributed by atoms with Crippen molar-refractivity contribution < 1.29 is 0 Å². The first kappa shape index (κ1) is 10.8. The van der Waals surface area contributed by atoms with Crippen LogP contribution in [0.25, 0.3) is 0 Å². The van der Waals surface area contributed by atoms with Crippen LogP contribution in [0.2, 0.25) is 5.02 Å². The minimum Gasteiger partial charge on any atom is -0.310 e. The Bertz CT molecular complexity index is 312. The average molecular weight is 261 g/mol. The molecule has 13 heavy (non-hydrogen) atoms. The lowest BCUT2D eigenvalue weighted by Gasteiger charge is -2.13. The van der Waals surface area contributed by atoms with Gasteiger partial charge in [-0.05, 0) is 30.8 Å². The summed E-state index contributed by atoms with van der Waals surface area (Å²) in [7, 11) is 1.89. The number of benzene rings is 1. The summed E-state index contributed by atoms with van der Waals surface area (Å²) in [6.45, 7) is 3.75. The number of nitrogens with one attached hydrogen (secondary N) is 1. The molecule has 0 aliphatic carbocycles. The molecule has 0 aromatic heterocycles.